The first-order valence-electron chi connectivity index (χ1n) is 9.39. The minimum Gasteiger partial charge on any atom is -0.486 e. The second-order valence-electron chi connectivity index (χ2n) is 6.93. The van der Waals surface area contributed by atoms with E-state index in [1.807, 2.05) is 31.3 Å². The predicted molar refractivity (Wildman–Crippen MR) is 107 cm³/mol. The minimum atomic E-state index is -0.204. The van der Waals surface area contributed by atoms with Crippen LogP contribution in [0.15, 0.2) is 29.6 Å². The number of carbonyl (C=O) groups is 1. The van der Waals surface area contributed by atoms with Crippen molar-refractivity contribution in [1.29, 1.82) is 0 Å². The summed E-state index contributed by atoms with van der Waals surface area (Å²) in [6, 6.07) is 5.94. The Morgan fingerprint density at radius 3 is 2.70 bits per heavy atom. The Morgan fingerprint density at radius 2 is 2.00 bits per heavy atom. The number of thioether (sulfide) groups is 1. The Kier molecular flexibility index (Phi) is 6.31. The van der Waals surface area contributed by atoms with Gasteiger partial charge in [-0.3, -0.25) is 4.79 Å². The van der Waals surface area contributed by atoms with Crippen LogP contribution in [0.1, 0.15) is 27.7 Å². The maximum atomic E-state index is 12.3. The van der Waals surface area contributed by atoms with E-state index in [-0.39, 0.29) is 11.2 Å². The Morgan fingerprint density at radius 1 is 1.26 bits per heavy atom. The number of imidazole rings is 1. The summed E-state index contributed by atoms with van der Waals surface area (Å²) >= 11 is 1.48. The van der Waals surface area contributed by atoms with Crippen molar-refractivity contribution in [3.8, 4) is 22.8 Å². The second-order valence-corrected chi connectivity index (χ2v) is 8.24. The maximum Gasteiger partial charge on any atom is 0.233 e. The average molecular weight is 390 g/mol. The van der Waals surface area contributed by atoms with Crippen LogP contribution in [0.5, 0.6) is 11.5 Å². The molecule has 6 nitrogen and oxygen atoms in total. The summed E-state index contributed by atoms with van der Waals surface area (Å²) in [6.45, 7) is 10.8. The Bertz CT molecular complexity index is 804. The summed E-state index contributed by atoms with van der Waals surface area (Å²) in [5.41, 5.74) is 2.03. The van der Waals surface area contributed by atoms with Crippen molar-refractivity contribution in [2.45, 2.75) is 44.6 Å². The zero-order valence-corrected chi connectivity index (χ0v) is 17.1. The molecule has 146 valence electrons. The third-order valence-corrected chi connectivity index (χ3v) is 5.41. The molecule has 3 rings (SSSR count). The standard InChI is InChI=1S/C20H27N3O3S/c1-5-23-16(15-6-7-17-18(10-15)26-9-8-25-17)12-22-20(23)27-14(4)19(24)21-11-13(2)3/h6-7,10,12-14H,5,8-9,11H2,1-4H3,(H,21,24). The van der Waals surface area contributed by atoms with Crippen LogP contribution in [0.4, 0.5) is 0 Å². The van der Waals surface area contributed by atoms with Crippen LogP contribution in [0.3, 0.4) is 0 Å². The molecule has 1 atom stereocenters. The number of fused-ring (bicyclic) bond motifs is 1. The van der Waals surface area contributed by atoms with E-state index in [0.29, 0.717) is 25.7 Å². The van der Waals surface area contributed by atoms with Gasteiger partial charge in [0.25, 0.3) is 0 Å². The van der Waals surface area contributed by atoms with Crippen LogP contribution in [-0.2, 0) is 11.3 Å². The molecule has 0 fully saturated rings. The molecule has 1 aliphatic heterocycles. The molecule has 1 aromatic heterocycles. The highest BCUT2D eigenvalue weighted by molar-refractivity contribution is 8.00. The number of ether oxygens (including phenoxy) is 2. The molecule has 1 N–H and O–H groups in total. The highest BCUT2D eigenvalue weighted by Crippen LogP contribution is 2.36. The van der Waals surface area contributed by atoms with Gasteiger partial charge < -0.3 is 19.4 Å². The summed E-state index contributed by atoms with van der Waals surface area (Å²) < 4.78 is 13.4. The van der Waals surface area contributed by atoms with E-state index in [2.05, 4.69) is 35.6 Å². The van der Waals surface area contributed by atoms with Crippen molar-refractivity contribution in [3.05, 3.63) is 24.4 Å². The van der Waals surface area contributed by atoms with E-state index in [9.17, 15) is 4.79 Å². The van der Waals surface area contributed by atoms with Crippen LogP contribution in [0, 0.1) is 5.92 Å². The predicted octanol–water partition coefficient (Wildman–Crippen LogP) is 3.59. The van der Waals surface area contributed by atoms with Gasteiger partial charge in [0, 0.05) is 18.7 Å². The van der Waals surface area contributed by atoms with E-state index >= 15 is 0 Å². The number of hydrogen-bond acceptors (Lipinski definition) is 5. The molecule has 2 heterocycles. The number of rotatable bonds is 7. The van der Waals surface area contributed by atoms with E-state index in [1.165, 1.54) is 11.8 Å². The fraction of sp³-hybridized carbons (Fsp3) is 0.500. The molecule has 0 saturated heterocycles. The van der Waals surface area contributed by atoms with Crippen molar-refractivity contribution in [3.63, 3.8) is 0 Å². The summed E-state index contributed by atoms with van der Waals surface area (Å²) in [5, 5.41) is 3.62. The summed E-state index contributed by atoms with van der Waals surface area (Å²) in [5.74, 6) is 2.02. The number of nitrogens with one attached hydrogen (secondary N) is 1. The lowest BCUT2D eigenvalue weighted by molar-refractivity contribution is -0.120. The molecule has 0 saturated carbocycles. The van der Waals surface area contributed by atoms with E-state index < -0.39 is 0 Å². The lowest BCUT2D eigenvalue weighted by Crippen LogP contribution is -2.33. The number of amides is 1. The van der Waals surface area contributed by atoms with Gasteiger partial charge in [-0.05, 0) is 38.0 Å². The Labute approximate surface area is 164 Å². The first-order valence-corrected chi connectivity index (χ1v) is 10.3. The Balaban J connectivity index is 1.78. The number of nitrogens with zero attached hydrogens (tertiary/aromatic N) is 2. The lowest BCUT2D eigenvalue weighted by Gasteiger charge is -2.19. The van der Waals surface area contributed by atoms with Crippen molar-refractivity contribution in [2.24, 2.45) is 5.92 Å². The van der Waals surface area contributed by atoms with Gasteiger partial charge in [-0.1, -0.05) is 25.6 Å². The molecular weight excluding hydrogens is 362 g/mol. The van der Waals surface area contributed by atoms with Crippen LogP contribution in [0.2, 0.25) is 0 Å². The van der Waals surface area contributed by atoms with Crippen molar-refractivity contribution in [2.75, 3.05) is 19.8 Å². The Hall–Kier alpha value is -2.15. The van der Waals surface area contributed by atoms with Crippen LogP contribution >= 0.6 is 11.8 Å². The molecule has 1 amide bonds. The molecule has 0 bridgehead atoms. The fourth-order valence-corrected chi connectivity index (χ4v) is 3.83. The third-order valence-electron chi connectivity index (χ3n) is 4.31. The van der Waals surface area contributed by atoms with E-state index in [1.54, 1.807) is 0 Å². The summed E-state index contributed by atoms with van der Waals surface area (Å²) in [6.07, 6.45) is 1.86. The maximum absolute atomic E-state index is 12.3. The van der Waals surface area contributed by atoms with Gasteiger partial charge in [0.05, 0.1) is 17.1 Å². The second kappa shape index (κ2) is 8.69. The molecular formula is C20H27N3O3S. The van der Waals surface area contributed by atoms with E-state index in [0.717, 1.165) is 34.5 Å². The number of benzene rings is 1. The van der Waals surface area contributed by atoms with E-state index in [4.69, 9.17) is 9.47 Å². The highest BCUT2D eigenvalue weighted by Gasteiger charge is 2.20. The number of hydrogen-bond donors (Lipinski definition) is 1. The van der Waals surface area contributed by atoms with Gasteiger partial charge >= 0.3 is 0 Å². The molecule has 0 spiro atoms. The molecule has 0 radical (unpaired) electrons. The molecule has 1 unspecified atom stereocenters. The molecule has 0 aliphatic carbocycles. The van der Waals surface area contributed by atoms with Crippen LogP contribution in [-0.4, -0.2) is 40.5 Å². The smallest absolute Gasteiger partial charge is 0.233 e. The third kappa shape index (κ3) is 4.58. The summed E-state index contributed by atoms with van der Waals surface area (Å²) in [4.78, 5) is 16.9. The van der Waals surface area contributed by atoms with Crippen LogP contribution < -0.4 is 14.8 Å². The molecule has 1 aromatic carbocycles. The van der Waals surface area contributed by atoms with Gasteiger partial charge in [0.1, 0.15) is 13.2 Å². The first kappa shape index (κ1) is 19.6. The quantitative estimate of drug-likeness (QED) is 0.733. The molecule has 2 aromatic rings. The lowest BCUT2D eigenvalue weighted by atomic mass is 10.1. The van der Waals surface area contributed by atoms with Gasteiger partial charge in [-0.25, -0.2) is 4.98 Å². The zero-order chi connectivity index (χ0) is 19.4. The van der Waals surface area contributed by atoms with Crippen LogP contribution in [0.25, 0.3) is 11.3 Å². The van der Waals surface area contributed by atoms with Crippen molar-refractivity contribution < 1.29 is 14.3 Å². The normalized spacial score (nSPS) is 14.3. The topological polar surface area (TPSA) is 65.4 Å². The SMILES string of the molecule is CCn1c(-c2ccc3c(c2)OCCO3)cnc1SC(C)C(=O)NCC(C)C. The number of carbonyl (C=O) groups excluding carboxylic acids is 1. The largest absolute Gasteiger partial charge is 0.486 e. The minimum absolute atomic E-state index is 0.0419. The van der Waals surface area contributed by atoms with Crippen molar-refractivity contribution in [1.82, 2.24) is 14.9 Å². The number of aromatic nitrogens is 2. The highest BCUT2D eigenvalue weighted by atomic mass is 32.2. The van der Waals surface area contributed by atoms with Gasteiger partial charge in [0.2, 0.25) is 5.91 Å². The average Bonchev–Trinajstić information content (AvgIpc) is 3.08. The van der Waals surface area contributed by atoms with Gasteiger partial charge in [-0.2, -0.15) is 0 Å². The van der Waals surface area contributed by atoms with Gasteiger partial charge in [-0.15, -0.1) is 0 Å². The molecule has 27 heavy (non-hydrogen) atoms. The first-order chi connectivity index (χ1) is 13.0. The fourth-order valence-electron chi connectivity index (χ4n) is 2.85. The molecule has 1 aliphatic rings. The zero-order valence-electron chi connectivity index (χ0n) is 16.3. The monoisotopic (exact) mass is 389 g/mol. The summed E-state index contributed by atoms with van der Waals surface area (Å²) in [7, 11) is 0. The molecule has 7 heteroatoms. The van der Waals surface area contributed by atoms with Gasteiger partial charge in [0.15, 0.2) is 16.7 Å². The van der Waals surface area contributed by atoms with Crippen molar-refractivity contribution >= 4 is 17.7 Å².